The predicted octanol–water partition coefficient (Wildman–Crippen LogP) is 2.59. The first-order chi connectivity index (χ1) is 16.8. The number of nitrogens with one attached hydrogen (secondary N) is 1. The van der Waals surface area contributed by atoms with Crippen molar-refractivity contribution in [2.24, 2.45) is 0 Å². The van der Waals surface area contributed by atoms with Crippen molar-refractivity contribution >= 4 is 29.7 Å². The van der Waals surface area contributed by atoms with Crippen LogP contribution < -0.4 is 0 Å². The molecule has 3 rings (SSSR count). The van der Waals surface area contributed by atoms with Crippen molar-refractivity contribution in [3.05, 3.63) is 57.9 Å². The van der Waals surface area contributed by atoms with E-state index < -0.39 is 29.7 Å². The molecule has 0 fully saturated rings. The van der Waals surface area contributed by atoms with Gasteiger partial charge in [0.05, 0.1) is 43.9 Å². The second kappa shape index (κ2) is 11.5. The van der Waals surface area contributed by atoms with Crippen molar-refractivity contribution in [2.75, 3.05) is 19.8 Å². The lowest BCUT2D eigenvalue weighted by Crippen LogP contribution is -2.30. The lowest BCUT2D eigenvalue weighted by Gasteiger charge is -2.15. The highest BCUT2D eigenvalue weighted by atomic mass is 16.5. The Morgan fingerprint density at radius 1 is 0.829 bits per heavy atom. The molecule has 0 bridgehead atoms. The van der Waals surface area contributed by atoms with Gasteiger partial charge in [-0.25, -0.2) is 4.79 Å². The molecule has 2 amide bonds. The van der Waals surface area contributed by atoms with Gasteiger partial charge in [-0.2, -0.15) is 0 Å². The fourth-order valence-corrected chi connectivity index (χ4v) is 3.99. The van der Waals surface area contributed by atoms with Crippen molar-refractivity contribution in [2.45, 2.75) is 46.6 Å². The molecule has 1 aliphatic heterocycles. The average molecular weight is 485 g/mol. The Hall–Kier alpha value is -3.95. The van der Waals surface area contributed by atoms with Crippen molar-refractivity contribution < 1.29 is 38.2 Å². The Balaban J connectivity index is 2.03. The minimum absolute atomic E-state index is 0.0413. The fourth-order valence-electron chi connectivity index (χ4n) is 3.99. The van der Waals surface area contributed by atoms with Gasteiger partial charge >= 0.3 is 17.9 Å². The highest BCUT2D eigenvalue weighted by Crippen LogP contribution is 2.29. The minimum Gasteiger partial charge on any atom is -0.466 e. The maximum Gasteiger partial charge on any atom is 0.355 e. The third kappa shape index (κ3) is 5.59. The predicted molar refractivity (Wildman–Crippen MR) is 123 cm³/mol. The quantitative estimate of drug-likeness (QED) is 0.292. The number of amides is 2. The van der Waals surface area contributed by atoms with Crippen molar-refractivity contribution in [3.8, 4) is 0 Å². The Labute approximate surface area is 202 Å². The molecular formula is C25H28N2O8. The first-order valence-electron chi connectivity index (χ1n) is 11.5. The maximum absolute atomic E-state index is 12.9. The van der Waals surface area contributed by atoms with E-state index in [4.69, 9.17) is 14.2 Å². The summed E-state index contributed by atoms with van der Waals surface area (Å²) in [5.74, 6) is -2.65. The number of fused-ring (bicyclic) bond motifs is 1. The third-order valence-electron chi connectivity index (χ3n) is 5.49. The topological polar surface area (TPSA) is 132 Å². The number of aromatic amines is 1. The maximum atomic E-state index is 12.9. The highest BCUT2D eigenvalue weighted by molar-refractivity contribution is 6.21. The number of H-pyrrole nitrogens is 1. The van der Waals surface area contributed by atoms with E-state index >= 15 is 0 Å². The van der Waals surface area contributed by atoms with Crippen LogP contribution in [-0.2, 0) is 43.2 Å². The number of rotatable bonds is 11. The van der Waals surface area contributed by atoms with Crippen LogP contribution in [-0.4, -0.2) is 59.4 Å². The van der Waals surface area contributed by atoms with Gasteiger partial charge in [0.1, 0.15) is 5.69 Å². The van der Waals surface area contributed by atoms with Crippen LogP contribution in [0.25, 0.3) is 0 Å². The molecule has 2 aromatic rings. The third-order valence-corrected chi connectivity index (χ3v) is 5.49. The summed E-state index contributed by atoms with van der Waals surface area (Å²) in [6.45, 7) is 5.27. The second-order valence-electron chi connectivity index (χ2n) is 7.68. The van der Waals surface area contributed by atoms with Gasteiger partial charge in [-0.15, -0.1) is 0 Å². The van der Waals surface area contributed by atoms with Crippen LogP contribution in [0.5, 0.6) is 0 Å². The SMILES string of the molecule is CCOC(=O)CCc1c(C(=O)OCC)[nH]c(CN2C(=O)c3ccccc3C2=O)c1CC(=O)OCC. The van der Waals surface area contributed by atoms with Gasteiger partial charge in [-0.05, 0) is 50.5 Å². The molecule has 0 radical (unpaired) electrons. The number of aromatic nitrogens is 1. The Morgan fingerprint density at radius 2 is 1.40 bits per heavy atom. The Bertz CT molecular complexity index is 1120. The molecule has 1 N–H and O–H groups in total. The molecule has 2 heterocycles. The van der Waals surface area contributed by atoms with E-state index in [1.807, 2.05) is 0 Å². The molecule has 10 heteroatoms. The number of nitrogens with zero attached hydrogens (tertiary/aromatic N) is 1. The minimum atomic E-state index is -0.676. The molecule has 0 unspecified atom stereocenters. The summed E-state index contributed by atoms with van der Waals surface area (Å²) in [5.41, 5.74) is 1.70. The number of hydrogen-bond acceptors (Lipinski definition) is 8. The normalized spacial score (nSPS) is 12.5. The lowest BCUT2D eigenvalue weighted by molar-refractivity contribution is -0.143. The van der Waals surface area contributed by atoms with Crippen LogP contribution in [0.2, 0.25) is 0 Å². The first-order valence-corrected chi connectivity index (χ1v) is 11.5. The molecule has 1 aliphatic rings. The second-order valence-corrected chi connectivity index (χ2v) is 7.68. The van der Waals surface area contributed by atoms with E-state index in [1.165, 1.54) is 0 Å². The molecule has 35 heavy (non-hydrogen) atoms. The van der Waals surface area contributed by atoms with Crippen LogP contribution >= 0.6 is 0 Å². The summed E-state index contributed by atoms with van der Waals surface area (Å²) < 4.78 is 15.2. The van der Waals surface area contributed by atoms with E-state index in [1.54, 1.807) is 45.0 Å². The zero-order valence-corrected chi connectivity index (χ0v) is 20.0. The van der Waals surface area contributed by atoms with Crippen molar-refractivity contribution in [3.63, 3.8) is 0 Å². The van der Waals surface area contributed by atoms with Gasteiger partial charge < -0.3 is 19.2 Å². The molecule has 10 nitrogen and oxygen atoms in total. The summed E-state index contributed by atoms with van der Waals surface area (Å²) in [6.07, 6.45) is -0.179. The van der Waals surface area contributed by atoms with E-state index in [0.717, 1.165) is 4.90 Å². The Kier molecular flexibility index (Phi) is 8.40. The number of imide groups is 1. The lowest BCUT2D eigenvalue weighted by atomic mass is 10.00. The number of ether oxygens (including phenoxy) is 3. The van der Waals surface area contributed by atoms with Gasteiger partial charge in [-0.3, -0.25) is 24.1 Å². The summed E-state index contributed by atoms with van der Waals surface area (Å²) in [7, 11) is 0. The molecule has 1 aromatic carbocycles. The van der Waals surface area contributed by atoms with E-state index in [0.29, 0.717) is 16.8 Å². The molecule has 0 saturated heterocycles. The van der Waals surface area contributed by atoms with Gasteiger partial charge in [-0.1, -0.05) is 12.1 Å². The number of hydrogen-bond donors (Lipinski definition) is 1. The standard InChI is InChI=1S/C25H28N2O8/c1-4-33-20(28)12-11-15-18(13-21(29)34-5-2)19(26-22(15)25(32)35-6-3)14-27-23(30)16-9-7-8-10-17(16)24(27)31/h7-10,26H,4-6,11-14H2,1-3H3. The summed E-state index contributed by atoms with van der Waals surface area (Å²) >= 11 is 0. The van der Waals surface area contributed by atoms with Crippen LogP contribution in [0.1, 0.15) is 75.2 Å². The van der Waals surface area contributed by atoms with E-state index in [-0.39, 0.29) is 62.4 Å². The van der Waals surface area contributed by atoms with Gasteiger partial charge in [0.25, 0.3) is 11.8 Å². The molecular weight excluding hydrogens is 456 g/mol. The largest absolute Gasteiger partial charge is 0.466 e. The number of carbonyl (C=O) groups excluding carboxylic acids is 5. The van der Waals surface area contributed by atoms with Crippen molar-refractivity contribution in [1.82, 2.24) is 9.88 Å². The summed E-state index contributed by atoms with van der Waals surface area (Å²) in [5, 5.41) is 0. The monoisotopic (exact) mass is 484 g/mol. The van der Waals surface area contributed by atoms with Crippen molar-refractivity contribution in [1.29, 1.82) is 0 Å². The van der Waals surface area contributed by atoms with Gasteiger partial charge in [0, 0.05) is 12.1 Å². The molecule has 0 saturated carbocycles. The number of benzene rings is 1. The van der Waals surface area contributed by atoms with E-state index in [9.17, 15) is 24.0 Å². The van der Waals surface area contributed by atoms with Crippen LogP contribution in [0, 0.1) is 0 Å². The zero-order chi connectivity index (χ0) is 25.5. The molecule has 1 aromatic heterocycles. The van der Waals surface area contributed by atoms with Crippen LogP contribution in [0.15, 0.2) is 24.3 Å². The average Bonchev–Trinajstić information content (AvgIpc) is 3.28. The summed E-state index contributed by atoms with van der Waals surface area (Å²) in [4.78, 5) is 67.0. The highest BCUT2D eigenvalue weighted by Gasteiger charge is 2.37. The van der Waals surface area contributed by atoms with E-state index in [2.05, 4.69) is 4.98 Å². The molecule has 0 aliphatic carbocycles. The zero-order valence-electron chi connectivity index (χ0n) is 20.0. The number of esters is 3. The van der Waals surface area contributed by atoms with Crippen LogP contribution in [0.4, 0.5) is 0 Å². The fraction of sp³-hybridized carbons (Fsp3) is 0.400. The Morgan fingerprint density at radius 3 is 1.97 bits per heavy atom. The molecule has 0 atom stereocenters. The smallest absolute Gasteiger partial charge is 0.355 e. The van der Waals surface area contributed by atoms with Crippen LogP contribution in [0.3, 0.4) is 0 Å². The summed E-state index contributed by atoms with van der Waals surface area (Å²) in [6, 6.07) is 6.47. The van der Waals surface area contributed by atoms with Gasteiger partial charge in [0.15, 0.2) is 0 Å². The number of carbonyl (C=O) groups is 5. The van der Waals surface area contributed by atoms with Gasteiger partial charge in [0.2, 0.25) is 0 Å². The molecule has 186 valence electrons. The first kappa shape index (κ1) is 25.7. The molecule has 0 spiro atoms.